The molecule has 9 nitrogen and oxygen atoms in total. The van der Waals surface area contributed by atoms with Gasteiger partial charge in [0.2, 0.25) is 10.0 Å². The van der Waals surface area contributed by atoms with E-state index in [-0.39, 0.29) is 24.5 Å². The summed E-state index contributed by atoms with van der Waals surface area (Å²) in [6.07, 6.45) is 0.597. The highest BCUT2D eigenvalue weighted by atomic mass is 32.2. The normalized spacial score (nSPS) is 18.6. The number of benzene rings is 2. The zero-order valence-corrected chi connectivity index (χ0v) is 22.4. The van der Waals surface area contributed by atoms with Crippen LogP contribution in [0.25, 0.3) is 22.3 Å². The van der Waals surface area contributed by atoms with Gasteiger partial charge in [0.15, 0.2) is 0 Å². The Morgan fingerprint density at radius 2 is 1.78 bits per heavy atom. The van der Waals surface area contributed by atoms with E-state index in [0.29, 0.717) is 33.5 Å². The van der Waals surface area contributed by atoms with E-state index in [2.05, 4.69) is 0 Å². The number of sulfone groups is 1. The average Bonchev–Trinajstić information content (AvgIpc) is 3.07. The lowest BCUT2D eigenvalue weighted by molar-refractivity contribution is 0.0193. The molecule has 1 aliphatic heterocycles. The molecule has 4 rings (SSSR count). The molecule has 0 saturated heterocycles. The monoisotopic (exact) mass is 535 g/mol. The minimum atomic E-state index is -3.80. The van der Waals surface area contributed by atoms with Crippen LogP contribution in [0.3, 0.4) is 0 Å². The second-order valence-electron chi connectivity index (χ2n) is 9.09. The zero-order valence-electron chi connectivity index (χ0n) is 20.8. The summed E-state index contributed by atoms with van der Waals surface area (Å²) >= 11 is 0. The minimum Gasteiger partial charge on any atom is -0.462 e. The van der Waals surface area contributed by atoms with Gasteiger partial charge < -0.3 is 13.9 Å². The summed E-state index contributed by atoms with van der Waals surface area (Å²) in [5.74, 6) is -0.582. The first-order valence-electron chi connectivity index (χ1n) is 11.4. The molecule has 2 unspecified atom stereocenters. The maximum atomic E-state index is 13.0. The highest BCUT2D eigenvalue weighted by Gasteiger charge is 2.35. The highest BCUT2D eigenvalue weighted by molar-refractivity contribution is 7.92. The van der Waals surface area contributed by atoms with Crippen LogP contribution >= 0.6 is 0 Å². The first-order valence-corrected chi connectivity index (χ1v) is 15.3. The van der Waals surface area contributed by atoms with E-state index < -0.39 is 38.0 Å². The second-order valence-corrected chi connectivity index (χ2v) is 13.2. The van der Waals surface area contributed by atoms with Crippen LogP contribution in [0.2, 0.25) is 0 Å². The van der Waals surface area contributed by atoms with Gasteiger partial charge in [-0.3, -0.25) is 4.31 Å². The van der Waals surface area contributed by atoms with Crippen LogP contribution in [0, 0.1) is 6.92 Å². The number of ether oxygens (including phenoxy) is 2. The number of nitrogens with zero attached hydrogens (tertiary/aromatic N) is 1. The van der Waals surface area contributed by atoms with Gasteiger partial charge in [-0.05, 0) is 26.8 Å². The molecule has 0 fully saturated rings. The third-order valence-electron chi connectivity index (χ3n) is 5.99. The van der Waals surface area contributed by atoms with Crippen LogP contribution in [-0.2, 0) is 29.3 Å². The van der Waals surface area contributed by atoms with E-state index in [1.54, 1.807) is 26.0 Å². The number of esters is 1. The summed E-state index contributed by atoms with van der Waals surface area (Å²) in [5, 5.41) is 0.452. The molecule has 1 aliphatic rings. The van der Waals surface area contributed by atoms with Crippen LogP contribution in [0.1, 0.15) is 41.4 Å². The lowest BCUT2D eigenvalue weighted by Gasteiger charge is -2.24. The molecule has 0 bridgehead atoms. The van der Waals surface area contributed by atoms with E-state index in [1.165, 1.54) is 0 Å². The molecule has 0 saturated carbocycles. The molecular weight excluding hydrogens is 506 g/mol. The summed E-state index contributed by atoms with van der Waals surface area (Å²) in [7, 11) is -7.24. The Balaban J connectivity index is 1.96. The first kappa shape index (κ1) is 26.2. The van der Waals surface area contributed by atoms with Gasteiger partial charge in [-0.15, -0.1) is 0 Å². The van der Waals surface area contributed by atoms with Crippen LogP contribution in [0.5, 0.6) is 0 Å². The number of aryl methyl sites for hydroxylation is 1. The molecule has 0 N–H and O–H groups in total. The van der Waals surface area contributed by atoms with Crippen LogP contribution in [0.15, 0.2) is 40.8 Å². The Morgan fingerprint density at radius 3 is 2.36 bits per heavy atom. The van der Waals surface area contributed by atoms with Crippen LogP contribution < -0.4 is 4.31 Å². The summed E-state index contributed by atoms with van der Waals surface area (Å²) < 4.78 is 68.1. The fourth-order valence-corrected chi connectivity index (χ4v) is 6.25. The third-order valence-corrected chi connectivity index (χ3v) is 8.12. The fraction of sp³-hybridized carbons (Fsp3) is 0.400. The predicted molar refractivity (Wildman–Crippen MR) is 138 cm³/mol. The summed E-state index contributed by atoms with van der Waals surface area (Å²) in [4.78, 5) is 13.0. The number of anilines is 1. The minimum absolute atomic E-state index is 0.165. The summed E-state index contributed by atoms with van der Waals surface area (Å²) in [6.45, 7) is 5.36. The van der Waals surface area contributed by atoms with Crippen molar-refractivity contribution < 1.29 is 35.5 Å². The molecule has 1 aromatic heterocycles. The van der Waals surface area contributed by atoms with Gasteiger partial charge in [-0.1, -0.05) is 29.8 Å². The number of fused-ring (bicyclic) bond motifs is 2. The zero-order chi connectivity index (χ0) is 26.4. The van der Waals surface area contributed by atoms with Gasteiger partial charge >= 0.3 is 5.97 Å². The lowest BCUT2D eigenvalue weighted by atomic mass is 10.0. The van der Waals surface area contributed by atoms with Crippen molar-refractivity contribution in [2.45, 2.75) is 33.0 Å². The van der Waals surface area contributed by atoms with Crippen molar-refractivity contribution in [1.29, 1.82) is 0 Å². The standard InChI is InChI=1S/C25H29NO8S2/c1-6-32-25(27)23-20-11-19-16(3)33-18(14-35(4,28)29)13-26(36(5,30)31)21(19)12-22(20)34-24(23)17-9-7-15(2)8-10-17/h7-12,16,18H,6,13-14H2,1-5H3. The summed E-state index contributed by atoms with van der Waals surface area (Å²) in [5.41, 5.74) is 3.05. The predicted octanol–water partition coefficient (Wildman–Crippen LogP) is 3.86. The Labute approximate surface area is 211 Å². The third kappa shape index (κ3) is 5.28. The molecule has 36 heavy (non-hydrogen) atoms. The number of rotatable bonds is 6. The van der Waals surface area contributed by atoms with E-state index in [9.17, 15) is 21.6 Å². The first-order chi connectivity index (χ1) is 16.8. The Kier molecular flexibility index (Phi) is 6.93. The molecule has 2 atom stereocenters. The smallest absolute Gasteiger partial charge is 0.342 e. The summed E-state index contributed by atoms with van der Waals surface area (Å²) in [6, 6.07) is 10.7. The van der Waals surface area contributed by atoms with Crippen molar-refractivity contribution >= 4 is 42.5 Å². The van der Waals surface area contributed by atoms with Gasteiger partial charge in [-0.25, -0.2) is 21.6 Å². The molecule has 2 heterocycles. The molecule has 11 heteroatoms. The van der Waals surface area contributed by atoms with Gasteiger partial charge in [-0.2, -0.15) is 0 Å². The molecule has 0 amide bonds. The number of furan rings is 1. The van der Waals surface area contributed by atoms with Gasteiger partial charge in [0.05, 0.1) is 43.1 Å². The number of sulfonamides is 1. The fourth-order valence-electron chi connectivity index (χ4n) is 4.44. The van der Waals surface area contributed by atoms with Crippen molar-refractivity contribution in [3.05, 3.63) is 53.1 Å². The Morgan fingerprint density at radius 1 is 1.11 bits per heavy atom. The van der Waals surface area contributed by atoms with Crippen molar-refractivity contribution in [3.8, 4) is 11.3 Å². The Hall–Kier alpha value is -2.89. The number of carbonyl (C=O) groups excluding carboxylic acids is 1. The number of hydrogen-bond acceptors (Lipinski definition) is 8. The van der Waals surface area contributed by atoms with Gasteiger partial charge in [0, 0.05) is 28.8 Å². The number of hydrogen-bond donors (Lipinski definition) is 0. The van der Waals surface area contributed by atoms with Gasteiger partial charge in [0.1, 0.15) is 26.7 Å². The Bertz CT molecular complexity index is 1520. The van der Waals surface area contributed by atoms with Crippen LogP contribution in [0.4, 0.5) is 5.69 Å². The van der Waals surface area contributed by atoms with Crippen molar-refractivity contribution in [2.24, 2.45) is 0 Å². The maximum Gasteiger partial charge on any atom is 0.342 e. The largest absolute Gasteiger partial charge is 0.462 e. The topological polar surface area (TPSA) is 120 Å². The molecule has 194 valence electrons. The highest BCUT2D eigenvalue weighted by Crippen LogP contribution is 2.42. The molecular formula is C25H29NO8S2. The average molecular weight is 536 g/mol. The van der Waals surface area contributed by atoms with Crippen molar-refractivity contribution in [1.82, 2.24) is 0 Å². The maximum absolute atomic E-state index is 13.0. The molecule has 3 aromatic rings. The molecule has 2 aromatic carbocycles. The molecule has 0 spiro atoms. The second kappa shape index (κ2) is 9.53. The molecule has 0 aliphatic carbocycles. The van der Waals surface area contributed by atoms with Crippen LogP contribution in [-0.4, -0.2) is 60.3 Å². The van der Waals surface area contributed by atoms with E-state index in [0.717, 1.165) is 22.4 Å². The van der Waals surface area contributed by atoms with E-state index in [1.807, 2.05) is 31.2 Å². The van der Waals surface area contributed by atoms with E-state index in [4.69, 9.17) is 13.9 Å². The van der Waals surface area contributed by atoms with E-state index >= 15 is 0 Å². The molecule has 0 radical (unpaired) electrons. The lowest BCUT2D eigenvalue weighted by Crippen LogP contribution is -2.39. The van der Waals surface area contributed by atoms with Crippen molar-refractivity contribution in [3.63, 3.8) is 0 Å². The quantitative estimate of drug-likeness (QED) is 0.437. The van der Waals surface area contributed by atoms with Gasteiger partial charge in [0.25, 0.3) is 0 Å². The number of carbonyl (C=O) groups is 1. The SMILES string of the molecule is CCOC(=O)c1c(-c2ccc(C)cc2)oc2cc3c(cc12)C(C)OC(CS(C)(=O)=O)CN3S(C)(=O)=O. The van der Waals surface area contributed by atoms with Crippen molar-refractivity contribution in [2.75, 3.05) is 35.7 Å².